The van der Waals surface area contributed by atoms with Crippen molar-refractivity contribution in [1.82, 2.24) is 19.5 Å². The number of ether oxygens (including phenoxy) is 3. The first-order valence-corrected chi connectivity index (χ1v) is 11.9. The zero-order valence-corrected chi connectivity index (χ0v) is 22.4. The number of anilines is 1. The van der Waals surface area contributed by atoms with Crippen LogP contribution in [-0.4, -0.2) is 50.8 Å². The molecule has 0 aliphatic heterocycles. The van der Waals surface area contributed by atoms with E-state index in [0.29, 0.717) is 5.75 Å². The lowest BCUT2D eigenvalue weighted by atomic mass is 9.78. The molecule has 11 heteroatoms. The molecule has 2 aromatic heterocycles. The summed E-state index contributed by atoms with van der Waals surface area (Å²) < 4.78 is 31.9. The monoisotopic (exact) mass is 525 g/mol. The van der Waals surface area contributed by atoms with Crippen LogP contribution in [0.1, 0.15) is 50.3 Å². The van der Waals surface area contributed by atoms with Crippen LogP contribution in [0.15, 0.2) is 18.5 Å². The van der Waals surface area contributed by atoms with Crippen molar-refractivity contribution in [2.75, 3.05) is 19.5 Å². The van der Waals surface area contributed by atoms with Gasteiger partial charge in [0.25, 0.3) is 0 Å². The van der Waals surface area contributed by atoms with Gasteiger partial charge in [-0.25, -0.2) is 4.98 Å². The Morgan fingerprint density at radius 2 is 1.95 bits per heavy atom. The van der Waals surface area contributed by atoms with Crippen molar-refractivity contribution in [3.05, 3.63) is 41.2 Å². The predicted molar refractivity (Wildman–Crippen MR) is 139 cm³/mol. The normalized spacial score (nSPS) is 13.1. The Morgan fingerprint density at radius 3 is 2.58 bits per heavy atom. The lowest BCUT2D eigenvalue weighted by Crippen LogP contribution is -2.38. The van der Waals surface area contributed by atoms with E-state index in [-0.39, 0.29) is 43.0 Å². The number of nitrogen functional groups attached to an aromatic ring is 1. The third-order valence-corrected chi connectivity index (χ3v) is 6.30. The topological polar surface area (TPSA) is 131 Å². The Labute approximate surface area is 220 Å². The Morgan fingerprint density at radius 1 is 1.24 bits per heavy atom. The molecule has 0 saturated carbocycles. The predicted octanol–water partition coefficient (Wildman–Crippen LogP) is 3.41. The van der Waals surface area contributed by atoms with Crippen molar-refractivity contribution in [2.45, 2.75) is 65.0 Å². The van der Waals surface area contributed by atoms with Crippen LogP contribution in [0.2, 0.25) is 0 Å². The number of benzene rings is 1. The second kappa shape index (κ2) is 11.1. The van der Waals surface area contributed by atoms with Crippen molar-refractivity contribution < 1.29 is 28.2 Å². The second-order valence-corrected chi connectivity index (χ2v) is 9.85. The number of rotatable bonds is 10. The lowest BCUT2D eigenvalue weighted by molar-refractivity contribution is -0.151. The van der Waals surface area contributed by atoms with Gasteiger partial charge in [-0.2, -0.15) is 14.4 Å². The summed E-state index contributed by atoms with van der Waals surface area (Å²) >= 11 is 0. The molecule has 0 spiro atoms. The summed E-state index contributed by atoms with van der Waals surface area (Å²) in [6.45, 7) is 8.92. The van der Waals surface area contributed by atoms with Crippen LogP contribution < -0.4 is 10.5 Å². The molecule has 3 aromatic rings. The molecule has 0 fully saturated rings. The van der Waals surface area contributed by atoms with Gasteiger partial charge in [-0.15, -0.1) is 6.42 Å². The lowest BCUT2D eigenvalue weighted by Gasteiger charge is -2.30. The SMILES string of the molecule is C#CC(CCn1cnc2c(N)nc(F)nc21)(COC(=O)CC(C)(C)c1c(C)cc(C)cc1OC(C)=O)OC. The van der Waals surface area contributed by atoms with Crippen LogP contribution in [0, 0.1) is 32.3 Å². The number of esters is 2. The quantitative estimate of drug-likeness (QED) is 0.183. The van der Waals surface area contributed by atoms with Crippen LogP contribution in [0.4, 0.5) is 10.2 Å². The highest BCUT2D eigenvalue weighted by Gasteiger charge is 2.34. The molecule has 0 saturated heterocycles. The summed E-state index contributed by atoms with van der Waals surface area (Å²) in [6, 6.07) is 3.74. The smallest absolute Gasteiger partial charge is 0.312 e. The first-order chi connectivity index (χ1) is 17.8. The summed E-state index contributed by atoms with van der Waals surface area (Å²) in [5, 5.41) is 0. The van der Waals surface area contributed by atoms with Gasteiger partial charge in [0.1, 0.15) is 17.9 Å². The third-order valence-electron chi connectivity index (χ3n) is 6.30. The largest absolute Gasteiger partial charge is 0.461 e. The van der Waals surface area contributed by atoms with Gasteiger partial charge in [0, 0.05) is 38.0 Å². The number of carbonyl (C=O) groups excluding carboxylic acids is 2. The minimum Gasteiger partial charge on any atom is -0.461 e. The van der Waals surface area contributed by atoms with E-state index >= 15 is 0 Å². The minimum atomic E-state index is -1.25. The van der Waals surface area contributed by atoms with Crippen LogP contribution >= 0.6 is 0 Å². The maximum atomic E-state index is 13.7. The number of terminal acetylenes is 1. The highest BCUT2D eigenvalue weighted by Crippen LogP contribution is 2.38. The fourth-order valence-corrected chi connectivity index (χ4v) is 4.54. The molecule has 1 aromatic carbocycles. The molecule has 0 radical (unpaired) electrons. The first kappa shape index (κ1) is 28.5. The fourth-order valence-electron chi connectivity index (χ4n) is 4.54. The maximum Gasteiger partial charge on any atom is 0.312 e. The maximum absolute atomic E-state index is 13.7. The first-order valence-electron chi connectivity index (χ1n) is 11.9. The van der Waals surface area contributed by atoms with Gasteiger partial charge in [0.05, 0.1) is 12.7 Å². The Kier molecular flexibility index (Phi) is 8.37. The van der Waals surface area contributed by atoms with E-state index in [2.05, 4.69) is 20.9 Å². The van der Waals surface area contributed by atoms with Crippen LogP contribution in [0.25, 0.3) is 11.2 Å². The number of fused-ring (bicyclic) bond motifs is 1. The van der Waals surface area contributed by atoms with E-state index in [1.54, 1.807) is 10.6 Å². The number of hydrogen-bond donors (Lipinski definition) is 1. The number of nitrogens with two attached hydrogens (primary N) is 1. The number of methoxy groups -OCH3 is 1. The van der Waals surface area contributed by atoms with E-state index in [9.17, 15) is 14.0 Å². The van der Waals surface area contributed by atoms with Crippen molar-refractivity contribution in [2.24, 2.45) is 0 Å². The molecule has 0 aliphatic carbocycles. The zero-order valence-electron chi connectivity index (χ0n) is 22.4. The van der Waals surface area contributed by atoms with Gasteiger partial charge >= 0.3 is 18.0 Å². The zero-order chi connectivity index (χ0) is 28.3. The Balaban J connectivity index is 1.73. The van der Waals surface area contributed by atoms with Gasteiger partial charge in [0.15, 0.2) is 17.1 Å². The highest BCUT2D eigenvalue weighted by molar-refractivity contribution is 5.81. The van der Waals surface area contributed by atoms with Gasteiger partial charge in [-0.3, -0.25) is 9.59 Å². The summed E-state index contributed by atoms with van der Waals surface area (Å²) in [5.74, 6) is 1.96. The summed E-state index contributed by atoms with van der Waals surface area (Å²) in [4.78, 5) is 36.0. The van der Waals surface area contributed by atoms with Crippen molar-refractivity contribution in [3.63, 3.8) is 0 Å². The average molecular weight is 526 g/mol. The average Bonchev–Trinajstić information content (AvgIpc) is 3.21. The van der Waals surface area contributed by atoms with Gasteiger partial charge < -0.3 is 24.5 Å². The number of aromatic nitrogens is 4. The molecule has 1 atom stereocenters. The van der Waals surface area contributed by atoms with Crippen LogP contribution in [0.3, 0.4) is 0 Å². The van der Waals surface area contributed by atoms with E-state index in [1.807, 2.05) is 33.8 Å². The molecule has 10 nitrogen and oxygen atoms in total. The minimum absolute atomic E-state index is 0.00281. The molecule has 0 aliphatic rings. The van der Waals surface area contributed by atoms with Crippen LogP contribution in [-0.2, 0) is 31.0 Å². The number of imidazole rings is 1. The molecule has 0 amide bonds. The number of aryl methyl sites for hydroxylation is 3. The van der Waals surface area contributed by atoms with E-state index < -0.39 is 29.0 Å². The Hall–Kier alpha value is -4.04. The number of hydrogen-bond acceptors (Lipinski definition) is 9. The molecule has 1 unspecified atom stereocenters. The van der Waals surface area contributed by atoms with Crippen molar-refractivity contribution in [1.29, 1.82) is 0 Å². The molecule has 38 heavy (non-hydrogen) atoms. The standard InChI is InChI=1S/C27H32FN5O5/c1-8-27(36-7,9-10-33-15-30-22-23(29)31-25(28)32-24(22)33)14-37-20(35)13-26(5,6)21-17(3)11-16(2)12-19(21)38-18(4)34/h1,11-12,15H,9-10,13-14H2,2-7H3,(H2,29,31,32). The Bertz CT molecular complexity index is 1410. The van der Waals surface area contributed by atoms with E-state index in [1.165, 1.54) is 20.4 Å². The number of carbonyl (C=O) groups is 2. The molecule has 0 bridgehead atoms. The summed E-state index contributed by atoms with van der Waals surface area (Å²) in [7, 11) is 1.42. The molecule has 2 N–H and O–H groups in total. The summed E-state index contributed by atoms with van der Waals surface area (Å²) in [6.07, 6.45) is 6.47. The number of halogens is 1. The molecule has 202 valence electrons. The fraction of sp³-hybridized carbons (Fsp3) is 0.444. The molecule has 3 rings (SSSR count). The second-order valence-electron chi connectivity index (χ2n) is 9.85. The van der Waals surface area contributed by atoms with Gasteiger partial charge in [0.2, 0.25) is 0 Å². The van der Waals surface area contributed by atoms with E-state index in [0.717, 1.165) is 16.7 Å². The van der Waals surface area contributed by atoms with E-state index in [4.69, 9.17) is 26.4 Å². The van der Waals surface area contributed by atoms with Crippen molar-refractivity contribution >= 4 is 28.9 Å². The summed E-state index contributed by atoms with van der Waals surface area (Å²) in [5.41, 5.74) is 6.80. The highest BCUT2D eigenvalue weighted by atomic mass is 19.1. The molecular formula is C27H32FN5O5. The molecule has 2 heterocycles. The van der Waals surface area contributed by atoms with Crippen molar-refractivity contribution in [3.8, 4) is 18.1 Å². The molecular weight excluding hydrogens is 493 g/mol. The van der Waals surface area contributed by atoms with Gasteiger partial charge in [-0.1, -0.05) is 25.8 Å². The third kappa shape index (κ3) is 6.26. The van der Waals surface area contributed by atoms with Gasteiger partial charge in [-0.05, 0) is 31.0 Å². The number of nitrogens with zero attached hydrogens (tertiary/aromatic N) is 4. The van der Waals surface area contributed by atoms with Crippen LogP contribution in [0.5, 0.6) is 5.75 Å².